The van der Waals surface area contributed by atoms with E-state index in [0.29, 0.717) is 17.7 Å². The summed E-state index contributed by atoms with van der Waals surface area (Å²) in [6.45, 7) is 1.89. The van der Waals surface area contributed by atoms with Gasteiger partial charge in [0.05, 0.1) is 11.8 Å². The third kappa shape index (κ3) is 1.95. The van der Waals surface area contributed by atoms with E-state index < -0.39 is 4.92 Å². The smallest absolute Gasteiger partial charge is 0.409 e. The van der Waals surface area contributed by atoms with Crippen LogP contribution >= 0.6 is 0 Å². The van der Waals surface area contributed by atoms with Crippen molar-refractivity contribution >= 4 is 11.6 Å². The van der Waals surface area contributed by atoms with Crippen molar-refractivity contribution in [2.75, 3.05) is 0 Å². The molecule has 0 aliphatic carbocycles. The minimum absolute atomic E-state index is 0.0889. The van der Waals surface area contributed by atoms with Crippen molar-refractivity contribution < 1.29 is 14.2 Å². The normalized spacial score (nSPS) is 19.8. The Hall–Kier alpha value is -2.11. The molecule has 1 atom stereocenters. The van der Waals surface area contributed by atoms with Crippen LogP contribution in [0, 0.1) is 10.1 Å². The van der Waals surface area contributed by atoms with E-state index in [0.717, 1.165) is 0 Å². The fourth-order valence-corrected chi connectivity index (χ4v) is 1.46. The minimum Gasteiger partial charge on any atom is -0.409 e. The number of rotatable bonds is 3. The van der Waals surface area contributed by atoms with Gasteiger partial charge >= 0.3 is 5.88 Å². The molecule has 0 fully saturated rings. The zero-order chi connectivity index (χ0) is 11.5. The summed E-state index contributed by atoms with van der Waals surface area (Å²) >= 11 is 0. The van der Waals surface area contributed by atoms with Crippen LogP contribution in [0.4, 0.5) is 5.88 Å². The fraction of sp³-hybridized carbons (Fsp3) is 0.300. The summed E-state index contributed by atoms with van der Waals surface area (Å²) in [5.74, 6) is -0.285. The van der Waals surface area contributed by atoms with Crippen LogP contribution in [0.5, 0.6) is 0 Å². The summed E-state index contributed by atoms with van der Waals surface area (Å²) in [6, 6.07) is 1.35. The van der Waals surface area contributed by atoms with Crippen molar-refractivity contribution in [2.24, 2.45) is 5.16 Å². The number of hydrogen-bond acceptors (Lipinski definition) is 5. The molecule has 1 aliphatic heterocycles. The lowest BCUT2D eigenvalue weighted by Crippen LogP contribution is -2.03. The summed E-state index contributed by atoms with van der Waals surface area (Å²) in [4.78, 5) is 15.0. The molecule has 1 unspecified atom stereocenters. The quantitative estimate of drug-likeness (QED) is 0.446. The number of hydrogen-bond donors (Lipinski definition) is 0. The van der Waals surface area contributed by atoms with Crippen molar-refractivity contribution in [1.29, 1.82) is 0 Å². The van der Waals surface area contributed by atoms with Crippen molar-refractivity contribution in [3.8, 4) is 0 Å². The maximum atomic E-state index is 10.4. The van der Waals surface area contributed by atoms with Crippen LogP contribution in [-0.2, 0) is 4.84 Å². The molecule has 0 aromatic carbocycles. The number of allylic oxidation sites excluding steroid dienone is 1. The summed E-state index contributed by atoms with van der Waals surface area (Å²) < 4.78 is 4.78. The molecule has 1 aromatic rings. The second-order valence-corrected chi connectivity index (χ2v) is 3.34. The summed E-state index contributed by atoms with van der Waals surface area (Å²) in [5.41, 5.74) is 1.26. The number of nitro groups is 1. The highest BCUT2D eigenvalue weighted by atomic mass is 16.7. The van der Waals surface area contributed by atoms with Gasteiger partial charge in [-0.05, 0) is 13.0 Å². The molecule has 16 heavy (non-hydrogen) atoms. The van der Waals surface area contributed by atoms with Crippen LogP contribution in [-0.4, -0.2) is 16.7 Å². The SMILES string of the molecule is C/C=C/C1CC(c2coc([N+](=O)[O-])c2)=NO1. The topological polar surface area (TPSA) is 77.9 Å². The molecule has 0 radical (unpaired) electrons. The average Bonchev–Trinajstić information content (AvgIpc) is 2.84. The first-order valence-corrected chi connectivity index (χ1v) is 4.79. The maximum absolute atomic E-state index is 10.4. The molecule has 0 saturated carbocycles. The predicted molar refractivity (Wildman–Crippen MR) is 56.2 cm³/mol. The van der Waals surface area contributed by atoms with Crippen LogP contribution in [0.3, 0.4) is 0 Å². The Kier molecular flexibility index (Phi) is 2.72. The highest BCUT2D eigenvalue weighted by Gasteiger charge is 2.23. The Labute approximate surface area is 91.3 Å². The van der Waals surface area contributed by atoms with Crippen LogP contribution in [0.2, 0.25) is 0 Å². The van der Waals surface area contributed by atoms with E-state index in [1.807, 2.05) is 19.1 Å². The molecule has 2 rings (SSSR count). The van der Waals surface area contributed by atoms with Gasteiger partial charge in [-0.15, -0.1) is 0 Å². The Bertz CT molecular complexity index is 461. The van der Waals surface area contributed by atoms with Gasteiger partial charge in [0.15, 0.2) is 6.10 Å². The van der Waals surface area contributed by atoms with Crippen molar-refractivity contribution in [1.82, 2.24) is 0 Å². The lowest BCUT2D eigenvalue weighted by atomic mass is 10.1. The standard InChI is InChI=1S/C10H10N2O4/c1-2-3-8-5-9(11-16-8)7-4-10(12(13)14)15-6-7/h2-4,6,8H,5H2,1H3/b3-2+. The molecular weight excluding hydrogens is 212 g/mol. The van der Waals surface area contributed by atoms with Crippen LogP contribution in [0.1, 0.15) is 18.9 Å². The van der Waals surface area contributed by atoms with Crippen molar-refractivity contribution in [3.63, 3.8) is 0 Å². The molecule has 1 aliphatic rings. The van der Waals surface area contributed by atoms with E-state index in [2.05, 4.69) is 5.16 Å². The molecule has 0 N–H and O–H groups in total. The second-order valence-electron chi connectivity index (χ2n) is 3.34. The Morgan fingerprint density at radius 3 is 3.12 bits per heavy atom. The van der Waals surface area contributed by atoms with E-state index >= 15 is 0 Å². The molecular formula is C10H10N2O4. The van der Waals surface area contributed by atoms with Gasteiger partial charge in [0.1, 0.15) is 11.2 Å². The van der Waals surface area contributed by atoms with Gasteiger partial charge in [0, 0.05) is 12.0 Å². The van der Waals surface area contributed by atoms with E-state index in [1.54, 1.807) is 0 Å². The van der Waals surface area contributed by atoms with Gasteiger partial charge in [-0.1, -0.05) is 11.2 Å². The largest absolute Gasteiger partial charge is 0.433 e. The highest BCUT2D eigenvalue weighted by molar-refractivity contribution is 6.01. The number of nitrogens with zero attached hydrogens (tertiary/aromatic N) is 2. The van der Waals surface area contributed by atoms with Gasteiger partial charge in [-0.25, -0.2) is 0 Å². The Morgan fingerprint density at radius 1 is 1.69 bits per heavy atom. The van der Waals surface area contributed by atoms with Gasteiger partial charge < -0.3 is 9.25 Å². The number of oxime groups is 1. The van der Waals surface area contributed by atoms with Crippen molar-refractivity contribution in [2.45, 2.75) is 19.4 Å². The van der Waals surface area contributed by atoms with Gasteiger partial charge in [-0.2, -0.15) is 0 Å². The Morgan fingerprint density at radius 2 is 2.50 bits per heavy atom. The highest BCUT2D eigenvalue weighted by Crippen LogP contribution is 2.22. The summed E-state index contributed by atoms with van der Waals surface area (Å²) in [7, 11) is 0. The summed E-state index contributed by atoms with van der Waals surface area (Å²) in [6.07, 6.45) is 5.58. The first-order valence-electron chi connectivity index (χ1n) is 4.79. The predicted octanol–water partition coefficient (Wildman–Crippen LogP) is 2.26. The van der Waals surface area contributed by atoms with Gasteiger partial charge in [0.25, 0.3) is 0 Å². The minimum atomic E-state index is -0.580. The lowest BCUT2D eigenvalue weighted by Gasteiger charge is -1.98. The maximum Gasteiger partial charge on any atom is 0.433 e. The van der Waals surface area contributed by atoms with Gasteiger partial charge in [-0.3, -0.25) is 10.1 Å². The fourth-order valence-electron chi connectivity index (χ4n) is 1.46. The van der Waals surface area contributed by atoms with Crippen LogP contribution < -0.4 is 0 Å². The summed E-state index contributed by atoms with van der Waals surface area (Å²) in [5, 5.41) is 14.3. The monoisotopic (exact) mass is 222 g/mol. The van der Waals surface area contributed by atoms with Crippen LogP contribution in [0.25, 0.3) is 0 Å². The molecule has 2 heterocycles. The van der Waals surface area contributed by atoms with E-state index in [1.165, 1.54) is 12.3 Å². The third-order valence-corrected chi connectivity index (χ3v) is 2.20. The molecule has 1 aromatic heterocycles. The molecule has 0 bridgehead atoms. The van der Waals surface area contributed by atoms with Gasteiger partial charge in [0.2, 0.25) is 0 Å². The zero-order valence-corrected chi connectivity index (χ0v) is 8.62. The molecule has 0 saturated heterocycles. The van der Waals surface area contributed by atoms with E-state index in [-0.39, 0.29) is 12.0 Å². The number of furan rings is 1. The average molecular weight is 222 g/mol. The molecule has 0 spiro atoms. The van der Waals surface area contributed by atoms with E-state index in [4.69, 9.17) is 9.25 Å². The second kappa shape index (κ2) is 4.18. The first kappa shape index (κ1) is 10.4. The Balaban J connectivity index is 2.11. The van der Waals surface area contributed by atoms with Crippen LogP contribution in [0.15, 0.2) is 34.1 Å². The molecule has 84 valence electrons. The molecule has 6 heteroatoms. The first-order chi connectivity index (χ1) is 7.70. The lowest BCUT2D eigenvalue weighted by molar-refractivity contribution is -0.402. The molecule has 0 amide bonds. The van der Waals surface area contributed by atoms with E-state index in [9.17, 15) is 10.1 Å². The zero-order valence-electron chi connectivity index (χ0n) is 8.62. The molecule has 6 nitrogen and oxygen atoms in total. The van der Waals surface area contributed by atoms with Crippen molar-refractivity contribution in [3.05, 3.63) is 40.2 Å². The third-order valence-electron chi connectivity index (χ3n) is 2.20.